The molecule has 0 aliphatic rings. The third-order valence-electron chi connectivity index (χ3n) is 2.87. The molecule has 0 N–H and O–H groups in total. The van der Waals surface area contributed by atoms with Crippen LogP contribution in [0.15, 0.2) is 16.7 Å². The van der Waals surface area contributed by atoms with Gasteiger partial charge in [-0.3, -0.25) is 0 Å². The molecule has 0 saturated heterocycles. The maximum absolute atomic E-state index is 4.45. The molecule has 1 unspecified atom stereocenters. The number of anilines is 1. The van der Waals surface area contributed by atoms with Crippen LogP contribution >= 0.6 is 15.9 Å². The summed E-state index contributed by atoms with van der Waals surface area (Å²) in [6, 6.07) is 2.65. The SMILES string of the molecule is Cc1cc(N(C)C(C)CC(C)C)ncc1Br. The summed E-state index contributed by atoms with van der Waals surface area (Å²) in [5, 5.41) is 0. The maximum atomic E-state index is 4.45. The van der Waals surface area contributed by atoms with Gasteiger partial charge < -0.3 is 4.90 Å². The lowest BCUT2D eigenvalue weighted by molar-refractivity contribution is 0.502. The molecule has 0 saturated carbocycles. The van der Waals surface area contributed by atoms with Crippen LogP contribution in [0.3, 0.4) is 0 Å². The number of aromatic nitrogens is 1. The Morgan fingerprint density at radius 2 is 2.00 bits per heavy atom. The van der Waals surface area contributed by atoms with Crippen molar-refractivity contribution in [3.8, 4) is 0 Å². The van der Waals surface area contributed by atoms with Gasteiger partial charge in [0.2, 0.25) is 0 Å². The summed E-state index contributed by atoms with van der Waals surface area (Å²) >= 11 is 3.47. The van der Waals surface area contributed by atoms with E-state index in [2.05, 4.69) is 66.6 Å². The maximum Gasteiger partial charge on any atom is 0.128 e. The number of hydrogen-bond acceptors (Lipinski definition) is 2. The van der Waals surface area contributed by atoms with Crippen molar-refractivity contribution >= 4 is 21.7 Å². The molecular weight excluding hydrogens is 264 g/mol. The van der Waals surface area contributed by atoms with Gasteiger partial charge in [-0.1, -0.05) is 13.8 Å². The van der Waals surface area contributed by atoms with Gasteiger partial charge in [0.05, 0.1) is 0 Å². The first-order valence-corrected chi connectivity index (χ1v) is 6.56. The van der Waals surface area contributed by atoms with Crippen LogP contribution in [0.4, 0.5) is 5.82 Å². The molecule has 1 rings (SSSR count). The fraction of sp³-hybridized carbons (Fsp3) is 0.615. The van der Waals surface area contributed by atoms with Crippen molar-refractivity contribution in [2.45, 2.75) is 40.2 Å². The van der Waals surface area contributed by atoms with Gasteiger partial charge in [0.25, 0.3) is 0 Å². The zero-order valence-electron chi connectivity index (χ0n) is 10.8. The summed E-state index contributed by atoms with van der Waals surface area (Å²) < 4.78 is 1.07. The fourth-order valence-corrected chi connectivity index (χ4v) is 2.00. The summed E-state index contributed by atoms with van der Waals surface area (Å²) in [5.41, 5.74) is 1.23. The van der Waals surface area contributed by atoms with Crippen molar-refractivity contribution in [2.24, 2.45) is 5.92 Å². The van der Waals surface area contributed by atoms with Gasteiger partial charge in [-0.2, -0.15) is 0 Å². The minimum absolute atomic E-state index is 0.521. The van der Waals surface area contributed by atoms with Crippen LogP contribution in [0.5, 0.6) is 0 Å². The van der Waals surface area contributed by atoms with Crippen LogP contribution in [0, 0.1) is 12.8 Å². The molecule has 1 atom stereocenters. The summed E-state index contributed by atoms with van der Waals surface area (Å²) in [4.78, 5) is 6.70. The van der Waals surface area contributed by atoms with Crippen molar-refractivity contribution in [3.05, 3.63) is 22.3 Å². The highest BCUT2D eigenvalue weighted by molar-refractivity contribution is 9.10. The van der Waals surface area contributed by atoms with E-state index in [4.69, 9.17) is 0 Å². The Bertz CT molecular complexity index is 350. The second-order valence-corrected chi connectivity index (χ2v) is 5.74. The van der Waals surface area contributed by atoms with E-state index in [0.717, 1.165) is 10.3 Å². The largest absolute Gasteiger partial charge is 0.357 e. The Labute approximate surface area is 107 Å². The molecule has 0 bridgehead atoms. The molecule has 1 aromatic heterocycles. The molecule has 0 aliphatic heterocycles. The summed E-state index contributed by atoms with van der Waals surface area (Å²) in [7, 11) is 2.11. The molecule has 0 aliphatic carbocycles. The van der Waals surface area contributed by atoms with Gasteiger partial charge in [0.15, 0.2) is 0 Å². The average Bonchev–Trinajstić information content (AvgIpc) is 2.20. The van der Waals surface area contributed by atoms with Gasteiger partial charge in [-0.25, -0.2) is 4.98 Å². The minimum Gasteiger partial charge on any atom is -0.357 e. The molecule has 16 heavy (non-hydrogen) atoms. The summed E-state index contributed by atoms with van der Waals surface area (Å²) in [6.45, 7) is 8.85. The van der Waals surface area contributed by atoms with Crippen molar-refractivity contribution in [1.29, 1.82) is 0 Å². The number of aryl methyl sites for hydroxylation is 1. The van der Waals surface area contributed by atoms with Crippen LogP contribution < -0.4 is 4.90 Å². The highest BCUT2D eigenvalue weighted by Crippen LogP contribution is 2.22. The molecule has 1 heterocycles. The van der Waals surface area contributed by atoms with E-state index in [1.165, 1.54) is 12.0 Å². The molecule has 3 heteroatoms. The van der Waals surface area contributed by atoms with Gasteiger partial charge in [-0.15, -0.1) is 0 Å². The molecular formula is C13H21BrN2. The topological polar surface area (TPSA) is 16.1 Å². The first kappa shape index (κ1) is 13.5. The molecule has 2 nitrogen and oxygen atoms in total. The van der Waals surface area contributed by atoms with Crippen LogP contribution in [-0.4, -0.2) is 18.1 Å². The lowest BCUT2D eigenvalue weighted by Gasteiger charge is -2.27. The lowest BCUT2D eigenvalue weighted by Crippen LogP contribution is -2.30. The Balaban J connectivity index is 2.79. The standard InChI is InChI=1S/C13H21BrN2/c1-9(2)6-11(4)16(5)13-7-10(3)12(14)8-15-13/h7-9,11H,6H2,1-5H3. The number of halogens is 1. The molecule has 1 aromatic rings. The van der Waals surface area contributed by atoms with E-state index in [-0.39, 0.29) is 0 Å². The molecule has 0 fully saturated rings. The molecule has 0 radical (unpaired) electrons. The highest BCUT2D eigenvalue weighted by Gasteiger charge is 2.13. The molecule has 0 spiro atoms. The van der Waals surface area contributed by atoms with Crippen molar-refractivity contribution in [1.82, 2.24) is 4.98 Å². The van der Waals surface area contributed by atoms with Gasteiger partial charge >= 0.3 is 0 Å². The third kappa shape index (κ3) is 3.48. The van der Waals surface area contributed by atoms with Gasteiger partial charge in [-0.05, 0) is 53.7 Å². The van der Waals surface area contributed by atoms with Crippen molar-refractivity contribution in [3.63, 3.8) is 0 Å². The van der Waals surface area contributed by atoms with Crippen LogP contribution in [0.1, 0.15) is 32.8 Å². The number of nitrogens with zero attached hydrogens (tertiary/aromatic N) is 2. The zero-order valence-corrected chi connectivity index (χ0v) is 12.4. The predicted molar refractivity (Wildman–Crippen MR) is 74.0 cm³/mol. The van der Waals surface area contributed by atoms with E-state index in [1.807, 2.05) is 6.20 Å². The van der Waals surface area contributed by atoms with Crippen molar-refractivity contribution < 1.29 is 0 Å². The van der Waals surface area contributed by atoms with E-state index >= 15 is 0 Å². The monoisotopic (exact) mass is 284 g/mol. The molecule has 0 aromatic carbocycles. The fourth-order valence-electron chi connectivity index (χ4n) is 1.78. The Kier molecular flexibility index (Phi) is 4.78. The lowest BCUT2D eigenvalue weighted by atomic mass is 10.0. The Morgan fingerprint density at radius 1 is 1.38 bits per heavy atom. The quantitative estimate of drug-likeness (QED) is 0.830. The Morgan fingerprint density at radius 3 is 2.50 bits per heavy atom. The minimum atomic E-state index is 0.521. The summed E-state index contributed by atoms with van der Waals surface area (Å²) in [6.07, 6.45) is 3.07. The predicted octanol–water partition coefficient (Wildman–Crippen LogP) is 4.02. The smallest absolute Gasteiger partial charge is 0.128 e. The molecule has 90 valence electrons. The number of rotatable bonds is 4. The van der Waals surface area contributed by atoms with Crippen molar-refractivity contribution in [2.75, 3.05) is 11.9 Å². The van der Waals surface area contributed by atoms with Crippen LogP contribution in [-0.2, 0) is 0 Å². The van der Waals surface area contributed by atoms with E-state index in [9.17, 15) is 0 Å². The second-order valence-electron chi connectivity index (χ2n) is 4.88. The highest BCUT2D eigenvalue weighted by atomic mass is 79.9. The number of pyridine rings is 1. The number of hydrogen-bond donors (Lipinski definition) is 0. The van der Waals surface area contributed by atoms with E-state index in [1.54, 1.807) is 0 Å². The van der Waals surface area contributed by atoms with Gasteiger partial charge in [0, 0.05) is 23.8 Å². The normalized spacial score (nSPS) is 12.9. The van der Waals surface area contributed by atoms with Gasteiger partial charge in [0.1, 0.15) is 5.82 Å². The average molecular weight is 285 g/mol. The van der Waals surface area contributed by atoms with E-state index < -0.39 is 0 Å². The first-order chi connectivity index (χ1) is 7.41. The summed E-state index contributed by atoms with van der Waals surface area (Å²) in [5.74, 6) is 1.77. The molecule has 0 amide bonds. The Hall–Kier alpha value is -0.570. The second kappa shape index (κ2) is 5.67. The first-order valence-electron chi connectivity index (χ1n) is 5.76. The zero-order chi connectivity index (χ0) is 12.3. The van der Waals surface area contributed by atoms with E-state index in [0.29, 0.717) is 12.0 Å². The van der Waals surface area contributed by atoms with Crippen LogP contribution in [0.2, 0.25) is 0 Å². The third-order valence-corrected chi connectivity index (χ3v) is 3.70. The van der Waals surface area contributed by atoms with Crippen LogP contribution in [0.25, 0.3) is 0 Å².